The molecule has 0 fully saturated rings. The topological polar surface area (TPSA) is 115 Å². The van der Waals surface area contributed by atoms with Gasteiger partial charge in [0, 0.05) is 18.7 Å². The third kappa shape index (κ3) is 4.76. The van der Waals surface area contributed by atoms with Crippen LogP contribution in [0.25, 0.3) is 0 Å². The Morgan fingerprint density at radius 1 is 1.16 bits per heavy atom. The average Bonchev–Trinajstić information content (AvgIpc) is 2.55. The zero-order chi connectivity index (χ0) is 17.9. The Labute approximate surface area is 152 Å². The fourth-order valence-corrected chi connectivity index (χ4v) is 3.87. The normalized spacial score (nSPS) is 12.3. The SMILES string of the molecule is Cc1ccc([N+](=O)[O-])c(S(=O)(=O)NCC(N)c2ccccc2)c1C.Cl. The molecule has 25 heavy (non-hydrogen) atoms. The summed E-state index contributed by atoms with van der Waals surface area (Å²) in [6.07, 6.45) is 0. The quantitative estimate of drug-likeness (QED) is 0.585. The van der Waals surface area contributed by atoms with Crippen LogP contribution in [-0.2, 0) is 10.0 Å². The van der Waals surface area contributed by atoms with Gasteiger partial charge in [-0.3, -0.25) is 10.1 Å². The highest BCUT2D eigenvalue weighted by atomic mass is 35.5. The van der Waals surface area contributed by atoms with Crippen molar-refractivity contribution in [1.29, 1.82) is 0 Å². The van der Waals surface area contributed by atoms with Crippen molar-refractivity contribution in [3.05, 3.63) is 69.3 Å². The van der Waals surface area contributed by atoms with Crippen LogP contribution in [0.4, 0.5) is 5.69 Å². The van der Waals surface area contributed by atoms with Crippen molar-refractivity contribution >= 4 is 28.1 Å². The first-order valence-corrected chi connectivity index (χ1v) is 8.77. The Balaban J connectivity index is 0.00000312. The molecular formula is C16H20ClN3O4S. The van der Waals surface area contributed by atoms with E-state index in [1.165, 1.54) is 12.1 Å². The molecule has 0 amide bonds. The van der Waals surface area contributed by atoms with Crippen molar-refractivity contribution in [1.82, 2.24) is 4.72 Å². The zero-order valence-corrected chi connectivity index (χ0v) is 15.4. The van der Waals surface area contributed by atoms with E-state index in [0.29, 0.717) is 11.1 Å². The molecule has 1 unspecified atom stereocenters. The minimum Gasteiger partial charge on any atom is -0.323 e. The largest absolute Gasteiger partial charge is 0.323 e. The maximum Gasteiger partial charge on any atom is 0.289 e. The van der Waals surface area contributed by atoms with Crippen molar-refractivity contribution in [3.8, 4) is 0 Å². The number of nitrogens with zero attached hydrogens (tertiary/aromatic N) is 1. The maximum absolute atomic E-state index is 12.6. The minimum atomic E-state index is -4.06. The lowest BCUT2D eigenvalue weighted by Crippen LogP contribution is -2.32. The van der Waals surface area contributed by atoms with Gasteiger partial charge in [-0.25, -0.2) is 13.1 Å². The molecule has 2 rings (SSSR count). The molecule has 0 saturated heterocycles. The van der Waals surface area contributed by atoms with E-state index in [0.717, 1.165) is 5.56 Å². The lowest BCUT2D eigenvalue weighted by atomic mass is 10.1. The predicted octanol–water partition coefficient (Wildman–Crippen LogP) is 2.61. The fourth-order valence-electron chi connectivity index (χ4n) is 2.35. The standard InChI is InChI=1S/C16H19N3O4S.ClH/c1-11-8-9-15(19(20)21)16(12(11)2)24(22,23)18-10-14(17)13-6-4-3-5-7-13;/h3-9,14,18H,10,17H2,1-2H3;1H. The molecular weight excluding hydrogens is 366 g/mol. The molecule has 9 heteroatoms. The highest BCUT2D eigenvalue weighted by Gasteiger charge is 2.29. The van der Waals surface area contributed by atoms with Gasteiger partial charge in [0.2, 0.25) is 10.0 Å². The van der Waals surface area contributed by atoms with E-state index in [-0.39, 0.29) is 23.8 Å². The van der Waals surface area contributed by atoms with Gasteiger partial charge in [0.1, 0.15) is 0 Å². The van der Waals surface area contributed by atoms with Gasteiger partial charge >= 0.3 is 0 Å². The van der Waals surface area contributed by atoms with Crippen molar-refractivity contribution < 1.29 is 13.3 Å². The number of rotatable bonds is 6. The van der Waals surface area contributed by atoms with Crippen LogP contribution >= 0.6 is 12.4 Å². The Morgan fingerprint density at radius 2 is 1.76 bits per heavy atom. The van der Waals surface area contributed by atoms with Crippen molar-refractivity contribution in [2.24, 2.45) is 5.73 Å². The van der Waals surface area contributed by atoms with Gasteiger partial charge in [-0.1, -0.05) is 36.4 Å². The number of hydrogen-bond donors (Lipinski definition) is 2. The minimum absolute atomic E-state index is 0. The maximum atomic E-state index is 12.6. The highest BCUT2D eigenvalue weighted by Crippen LogP contribution is 2.29. The number of benzene rings is 2. The molecule has 3 N–H and O–H groups in total. The number of aryl methyl sites for hydroxylation is 1. The van der Waals surface area contributed by atoms with Crippen LogP contribution in [-0.4, -0.2) is 19.9 Å². The molecule has 0 saturated carbocycles. The molecule has 0 bridgehead atoms. The average molecular weight is 386 g/mol. The summed E-state index contributed by atoms with van der Waals surface area (Å²) in [4.78, 5) is 10.2. The number of hydrogen-bond acceptors (Lipinski definition) is 5. The summed E-state index contributed by atoms with van der Waals surface area (Å²) >= 11 is 0. The van der Waals surface area contributed by atoms with E-state index in [9.17, 15) is 18.5 Å². The fraction of sp³-hybridized carbons (Fsp3) is 0.250. The molecule has 0 spiro atoms. The summed E-state index contributed by atoms with van der Waals surface area (Å²) in [5, 5.41) is 11.2. The zero-order valence-electron chi connectivity index (χ0n) is 13.8. The van der Waals surface area contributed by atoms with Gasteiger partial charge in [0.25, 0.3) is 5.69 Å². The van der Waals surface area contributed by atoms with Crippen LogP contribution in [0, 0.1) is 24.0 Å². The molecule has 0 aliphatic heterocycles. The van der Waals surface area contributed by atoms with Crippen molar-refractivity contribution in [3.63, 3.8) is 0 Å². The molecule has 136 valence electrons. The van der Waals surface area contributed by atoms with Crippen molar-refractivity contribution in [2.45, 2.75) is 24.8 Å². The second-order valence-corrected chi connectivity index (χ2v) is 7.19. The number of halogens is 1. The van der Waals surface area contributed by atoms with E-state index >= 15 is 0 Å². The monoisotopic (exact) mass is 385 g/mol. The molecule has 0 radical (unpaired) electrons. The smallest absolute Gasteiger partial charge is 0.289 e. The van der Waals surface area contributed by atoms with Crippen LogP contribution in [0.1, 0.15) is 22.7 Å². The number of nitrogens with one attached hydrogen (secondary N) is 1. The second-order valence-electron chi connectivity index (χ2n) is 5.48. The van der Waals surface area contributed by atoms with E-state index in [1.807, 2.05) is 6.07 Å². The van der Waals surface area contributed by atoms with Crippen LogP contribution in [0.2, 0.25) is 0 Å². The van der Waals surface area contributed by atoms with Gasteiger partial charge in [0.05, 0.1) is 4.92 Å². The lowest BCUT2D eigenvalue weighted by molar-refractivity contribution is -0.387. The third-order valence-corrected chi connectivity index (χ3v) is 5.44. The third-order valence-electron chi connectivity index (χ3n) is 3.84. The van der Waals surface area contributed by atoms with E-state index < -0.39 is 26.7 Å². The summed E-state index contributed by atoms with van der Waals surface area (Å²) in [6.45, 7) is 3.19. The summed E-state index contributed by atoms with van der Waals surface area (Å²) in [7, 11) is -4.06. The van der Waals surface area contributed by atoms with Crippen LogP contribution < -0.4 is 10.5 Å². The van der Waals surface area contributed by atoms with Gasteiger partial charge in [-0.15, -0.1) is 12.4 Å². The summed E-state index contributed by atoms with van der Waals surface area (Å²) in [6, 6.07) is 11.2. The summed E-state index contributed by atoms with van der Waals surface area (Å²) in [5.74, 6) is 0. The highest BCUT2D eigenvalue weighted by molar-refractivity contribution is 7.89. The van der Waals surface area contributed by atoms with Gasteiger partial charge in [-0.05, 0) is 30.5 Å². The molecule has 2 aromatic rings. The first-order valence-electron chi connectivity index (χ1n) is 7.29. The lowest BCUT2D eigenvalue weighted by Gasteiger charge is -2.15. The number of sulfonamides is 1. The molecule has 0 aromatic heterocycles. The summed E-state index contributed by atoms with van der Waals surface area (Å²) in [5.41, 5.74) is 7.33. The molecule has 0 heterocycles. The van der Waals surface area contributed by atoms with Crippen LogP contribution in [0.3, 0.4) is 0 Å². The Bertz CT molecular complexity index is 857. The Hall–Kier alpha value is -2.00. The van der Waals surface area contributed by atoms with Crippen LogP contribution in [0.15, 0.2) is 47.4 Å². The molecule has 1 atom stereocenters. The molecule has 7 nitrogen and oxygen atoms in total. The molecule has 0 aliphatic rings. The second kappa shape index (κ2) is 8.39. The Morgan fingerprint density at radius 3 is 2.32 bits per heavy atom. The van der Waals surface area contributed by atoms with E-state index in [4.69, 9.17) is 5.73 Å². The molecule has 0 aliphatic carbocycles. The first-order chi connectivity index (χ1) is 11.2. The first kappa shape index (κ1) is 21.0. The number of nitrogens with two attached hydrogens (primary N) is 1. The Kier molecular flexibility index (Phi) is 7.06. The molecule has 2 aromatic carbocycles. The number of nitro benzene ring substituents is 1. The van der Waals surface area contributed by atoms with E-state index in [2.05, 4.69) is 4.72 Å². The van der Waals surface area contributed by atoms with Gasteiger partial charge in [-0.2, -0.15) is 0 Å². The number of nitro groups is 1. The van der Waals surface area contributed by atoms with Crippen LogP contribution in [0.5, 0.6) is 0 Å². The predicted molar refractivity (Wildman–Crippen MR) is 98.4 cm³/mol. The van der Waals surface area contributed by atoms with Gasteiger partial charge in [0.15, 0.2) is 4.90 Å². The summed E-state index contributed by atoms with van der Waals surface area (Å²) < 4.78 is 27.6. The van der Waals surface area contributed by atoms with Gasteiger partial charge < -0.3 is 5.73 Å². The van der Waals surface area contributed by atoms with E-state index in [1.54, 1.807) is 38.1 Å². The van der Waals surface area contributed by atoms with Crippen molar-refractivity contribution in [2.75, 3.05) is 6.54 Å².